The molecule has 1 amide bonds. The average Bonchev–Trinajstić information content (AvgIpc) is 2.63. The minimum atomic E-state index is -0.148. The van der Waals surface area contributed by atoms with E-state index in [2.05, 4.69) is 11.2 Å². The lowest BCUT2D eigenvalue weighted by molar-refractivity contribution is -0.126. The molecule has 0 aromatic carbocycles. The van der Waals surface area contributed by atoms with Crippen LogP contribution in [0, 0.1) is 18.3 Å². The van der Waals surface area contributed by atoms with E-state index < -0.39 is 0 Å². The first-order valence-electron chi connectivity index (χ1n) is 4.80. The van der Waals surface area contributed by atoms with Crippen LogP contribution in [-0.2, 0) is 4.79 Å². The summed E-state index contributed by atoms with van der Waals surface area (Å²) in [5.41, 5.74) is 0. The Hall–Kier alpha value is -1.01. The zero-order valence-corrected chi connectivity index (χ0v) is 7.62. The van der Waals surface area contributed by atoms with Crippen LogP contribution < -0.4 is 5.32 Å². The molecule has 2 saturated heterocycles. The number of nitrogens with zero attached hydrogens (tertiary/aromatic N) is 1. The highest BCUT2D eigenvalue weighted by atomic mass is 16.2. The van der Waals surface area contributed by atoms with Gasteiger partial charge in [0.2, 0.25) is 0 Å². The normalized spacial score (nSPS) is 32.4. The molecule has 0 aromatic heterocycles. The summed E-state index contributed by atoms with van der Waals surface area (Å²) in [5, 5.41) is 3.45. The third kappa shape index (κ3) is 1.54. The van der Waals surface area contributed by atoms with Gasteiger partial charge in [0.05, 0.1) is 0 Å². The van der Waals surface area contributed by atoms with Crippen LogP contribution >= 0.6 is 0 Å². The van der Waals surface area contributed by atoms with Crippen LogP contribution in [0.25, 0.3) is 0 Å². The first-order valence-corrected chi connectivity index (χ1v) is 4.80. The Morgan fingerprint density at radius 3 is 3.15 bits per heavy atom. The number of nitrogens with one attached hydrogen (secondary N) is 1. The summed E-state index contributed by atoms with van der Waals surface area (Å²) in [4.78, 5) is 13.0. The number of rotatable bonds is 0. The van der Waals surface area contributed by atoms with Gasteiger partial charge in [-0.15, -0.1) is 6.42 Å². The van der Waals surface area contributed by atoms with Crippen molar-refractivity contribution in [1.82, 2.24) is 10.2 Å². The summed E-state index contributed by atoms with van der Waals surface area (Å²) < 4.78 is 0. The number of fused-ring (bicyclic) bond motifs is 1. The van der Waals surface area contributed by atoms with Gasteiger partial charge < -0.3 is 10.2 Å². The molecule has 2 atom stereocenters. The van der Waals surface area contributed by atoms with Gasteiger partial charge in [0.25, 0.3) is 5.91 Å². The third-order valence-corrected chi connectivity index (χ3v) is 3.07. The highest BCUT2D eigenvalue weighted by molar-refractivity contribution is 5.92. The second-order valence-corrected chi connectivity index (χ2v) is 3.79. The molecule has 70 valence electrons. The predicted molar refractivity (Wildman–Crippen MR) is 49.9 cm³/mol. The first-order chi connectivity index (χ1) is 6.31. The van der Waals surface area contributed by atoms with Crippen LogP contribution in [0.3, 0.4) is 0 Å². The van der Waals surface area contributed by atoms with E-state index in [4.69, 9.17) is 6.42 Å². The average molecular weight is 178 g/mol. The van der Waals surface area contributed by atoms with Crippen molar-refractivity contribution in [2.45, 2.75) is 18.9 Å². The molecule has 0 aliphatic carbocycles. The number of amides is 1. The van der Waals surface area contributed by atoms with Gasteiger partial charge in [-0.25, -0.2) is 0 Å². The maximum atomic E-state index is 11.2. The van der Waals surface area contributed by atoms with Crippen molar-refractivity contribution >= 4 is 5.91 Å². The SMILES string of the molecule is C#CC(=O)N1CCC2NCCC2C1. The Kier molecular flexibility index (Phi) is 2.24. The molecule has 0 bridgehead atoms. The maximum Gasteiger partial charge on any atom is 0.298 e. The van der Waals surface area contributed by atoms with Crippen LogP contribution in [0.1, 0.15) is 12.8 Å². The van der Waals surface area contributed by atoms with Crippen molar-refractivity contribution in [2.75, 3.05) is 19.6 Å². The topological polar surface area (TPSA) is 32.3 Å². The summed E-state index contributed by atoms with van der Waals surface area (Å²) in [6.07, 6.45) is 7.32. The summed E-state index contributed by atoms with van der Waals surface area (Å²) in [7, 11) is 0. The van der Waals surface area contributed by atoms with Gasteiger partial charge in [0.1, 0.15) is 0 Å². The fraction of sp³-hybridized carbons (Fsp3) is 0.700. The quantitative estimate of drug-likeness (QED) is 0.522. The molecule has 3 heteroatoms. The molecule has 13 heavy (non-hydrogen) atoms. The van der Waals surface area contributed by atoms with E-state index in [-0.39, 0.29) is 5.91 Å². The summed E-state index contributed by atoms with van der Waals surface area (Å²) in [5.74, 6) is 2.66. The van der Waals surface area contributed by atoms with Gasteiger partial charge in [0, 0.05) is 19.1 Å². The fourth-order valence-electron chi connectivity index (χ4n) is 2.32. The predicted octanol–water partition coefficient (Wildman–Crippen LogP) is -0.170. The van der Waals surface area contributed by atoms with Gasteiger partial charge in [-0.2, -0.15) is 0 Å². The molecule has 0 saturated carbocycles. The molecule has 0 radical (unpaired) electrons. The van der Waals surface area contributed by atoms with Gasteiger partial charge >= 0.3 is 0 Å². The Morgan fingerprint density at radius 1 is 1.54 bits per heavy atom. The van der Waals surface area contributed by atoms with Crippen molar-refractivity contribution in [3.8, 4) is 12.3 Å². The van der Waals surface area contributed by atoms with Crippen molar-refractivity contribution in [3.05, 3.63) is 0 Å². The Balaban J connectivity index is 1.98. The highest BCUT2D eigenvalue weighted by Gasteiger charge is 2.33. The van der Waals surface area contributed by atoms with Crippen molar-refractivity contribution < 1.29 is 4.79 Å². The van der Waals surface area contributed by atoms with Gasteiger partial charge in [-0.05, 0) is 31.2 Å². The smallest absolute Gasteiger partial charge is 0.298 e. The summed E-state index contributed by atoms with van der Waals surface area (Å²) in [6.45, 7) is 2.76. The Morgan fingerprint density at radius 2 is 2.38 bits per heavy atom. The highest BCUT2D eigenvalue weighted by Crippen LogP contribution is 2.24. The minimum Gasteiger partial charge on any atom is -0.332 e. The minimum absolute atomic E-state index is 0.148. The van der Waals surface area contributed by atoms with E-state index in [1.54, 1.807) is 4.90 Å². The number of hydrogen-bond acceptors (Lipinski definition) is 2. The number of piperidine rings is 1. The molecule has 2 unspecified atom stereocenters. The molecule has 2 fully saturated rings. The van der Waals surface area contributed by atoms with Crippen LogP contribution in [-0.4, -0.2) is 36.5 Å². The molecule has 2 heterocycles. The van der Waals surface area contributed by atoms with E-state index in [9.17, 15) is 4.79 Å². The van der Waals surface area contributed by atoms with Gasteiger partial charge in [-0.1, -0.05) is 0 Å². The number of hydrogen-bond donors (Lipinski definition) is 1. The lowest BCUT2D eigenvalue weighted by Crippen LogP contribution is -2.46. The molecule has 2 aliphatic rings. The summed E-state index contributed by atoms with van der Waals surface area (Å²) in [6, 6.07) is 0.627. The van der Waals surface area contributed by atoms with Gasteiger partial charge in [-0.3, -0.25) is 4.79 Å². The Labute approximate surface area is 78.5 Å². The fourth-order valence-corrected chi connectivity index (χ4v) is 2.32. The maximum absolute atomic E-state index is 11.2. The third-order valence-electron chi connectivity index (χ3n) is 3.07. The lowest BCUT2D eigenvalue weighted by atomic mass is 9.93. The van der Waals surface area contributed by atoms with E-state index in [0.29, 0.717) is 12.0 Å². The monoisotopic (exact) mass is 178 g/mol. The van der Waals surface area contributed by atoms with Gasteiger partial charge in [0.15, 0.2) is 0 Å². The standard InChI is InChI=1S/C10H14N2O/c1-2-10(13)12-6-4-9-8(7-12)3-5-11-9/h1,8-9,11H,3-7H2. The molecular formula is C10H14N2O. The van der Waals surface area contributed by atoms with Crippen LogP contribution in [0.4, 0.5) is 0 Å². The molecular weight excluding hydrogens is 164 g/mol. The van der Waals surface area contributed by atoms with Crippen molar-refractivity contribution in [2.24, 2.45) is 5.92 Å². The molecule has 2 rings (SSSR count). The second kappa shape index (κ2) is 3.39. The molecule has 1 N–H and O–H groups in total. The van der Waals surface area contributed by atoms with E-state index in [1.807, 2.05) is 0 Å². The Bertz CT molecular complexity index is 256. The summed E-state index contributed by atoms with van der Waals surface area (Å²) >= 11 is 0. The molecule has 0 spiro atoms. The molecule has 0 aromatic rings. The first kappa shape index (κ1) is 8.58. The number of terminal acetylenes is 1. The largest absolute Gasteiger partial charge is 0.332 e. The van der Waals surface area contributed by atoms with E-state index >= 15 is 0 Å². The van der Waals surface area contributed by atoms with E-state index in [1.165, 1.54) is 6.42 Å². The second-order valence-electron chi connectivity index (χ2n) is 3.79. The van der Waals surface area contributed by atoms with Crippen molar-refractivity contribution in [1.29, 1.82) is 0 Å². The number of likely N-dealkylation sites (tertiary alicyclic amines) is 1. The number of carbonyl (C=O) groups excluding carboxylic acids is 1. The molecule has 2 aliphatic heterocycles. The number of carbonyl (C=O) groups is 1. The van der Waals surface area contributed by atoms with E-state index in [0.717, 1.165) is 26.1 Å². The van der Waals surface area contributed by atoms with Crippen LogP contribution in [0.15, 0.2) is 0 Å². The zero-order valence-electron chi connectivity index (χ0n) is 7.62. The molecule has 3 nitrogen and oxygen atoms in total. The lowest BCUT2D eigenvalue weighted by Gasteiger charge is -2.33. The zero-order chi connectivity index (χ0) is 9.26. The van der Waals surface area contributed by atoms with Crippen LogP contribution in [0.2, 0.25) is 0 Å². The van der Waals surface area contributed by atoms with Crippen molar-refractivity contribution in [3.63, 3.8) is 0 Å². The van der Waals surface area contributed by atoms with Crippen LogP contribution in [0.5, 0.6) is 0 Å².